The molecule has 0 saturated carbocycles. The molecule has 1 aliphatic heterocycles. The van der Waals surface area contributed by atoms with Gasteiger partial charge in [0.15, 0.2) is 0 Å². The van der Waals surface area contributed by atoms with E-state index in [1.807, 2.05) is 4.90 Å². The molecular weight excluding hydrogens is 264 g/mol. The molecule has 5 nitrogen and oxygen atoms in total. The van der Waals surface area contributed by atoms with Crippen LogP contribution in [-0.2, 0) is 4.79 Å². The van der Waals surface area contributed by atoms with E-state index in [9.17, 15) is 4.79 Å². The topological polar surface area (TPSA) is 61.6 Å². The van der Waals surface area contributed by atoms with Crippen LogP contribution in [-0.4, -0.2) is 54.0 Å². The molecule has 0 aromatic carbocycles. The largest absolute Gasteiger partial charge is 0.386 e. The molecule has 0 spiro atoms. The van der Waals surface area contributed by atoms with Gasteiger partial charge >= 0.3 is 0 Å². The fraction of sp³-hybridized carbons (Fsp3) is 0.812. The van der Waals surface area contributed by atoms with Gasteiger partial charge in [0.25, 0.3) is 0 Å². The van der Waals surface area contributed by atoms with Gasteiger partial charge < -0.3 is 16.0 Å². The Bertz CT molecular complexity index is 341. The van der Waals surface area contributed by atoms with E-state index in [0.29, 0.717) is 18.1 Å². The summed E-state index contributed by atoms with van der Waals surface area (Å²) in [6.07, 6.45) is 3.70. The molecule has 1 fully saturated rings. The zero-order valence-electron chi connectivity index (χ0n) is 14.0. The average Bonchev–Trinajstić information content (AvgIpc) is 2.41. The molecule has 21 heavy (non-hydrogen) atoms. The van der Waals surface area contributed by atoms with Gasteiger partial charge in [0, 0.05) is 44.7 Å². The maximum Gasteiger partial charge on any atom is 0.222 e. The number of rotatable bonds is 7. The SMILES string of the molecule is C=C(N)NCCCCCC(=O)N1CCN(C(C)(C)C)CC1. The van der Waals surface area contributed by atoms with Gasteiger partial charge in [-0.05, 0) is 33.6 Å². The third-order valence-corrected chi connectivity index (χ3v) is 4.00. The molecule has 1 saturated heterocycles. The Kier molecular flexibility index (Phi) is 7.02. The van der Waals surface area contributed by atoms with Crippen LogP contribution < -0.4 is 11.1 Å². The third kappa shape index (κ3) is 6.85. The first-order valence-corrected chi connectivity index (χ1v) is 8.02. The number of carbonyl (C=O) groups excluding carboxylic acids is 1. The van der Waals surface area contributed by atoms with E-state index >= 15 is 0 Å². The minimum absolute atomic E-state index is 0.204. The van der Waals surface area contributed by atoms with Crippen molar-refractivity contribution in [1.29, 1.82) is 0 Å². The molecule has 5 heteroatoms. The highest BCUT2D eigenvalue weighted by Crippen LogP contribution is 2.16. The lowest BCUT2D eigenvalue weighted by Gasteiger charge is -2.42. The molecule has 0 unspecified atom stereocenters. The van der Waals surface area contributed by atoms with Crippen molar-refractivity contribution >= 4 is 5.91 Å². The molecule has 0 aromatic heterocycles. The van der Waals surface area contributed by atoms with Crippen molar-refractivity contribution in [3.63, 3.8) is 0 Å². The first-order chi connectivity index (χ1) is 9.80. The Balaban J connectivity index is 2.13. The van der Waals surface area contributed by atoms with E-state index in [0.717, 1.165) is 52.0 Å². The van der Waals surface area contributed by atoms with Gasteiger partial charge in [-0.1, -0.05) is 13.0 Å². The highest BCUT2D eigenvalue weighted by Gasteiger charge is 2.27. The van der Waals surface area contributed by atoms with Gasteiger partial charge in [0.05, 0.1) is 5.82 Å². The third-order valence-electron chi connectivity index (χ3n) is 4.00. The van der Waals surface area contributed by atoms with Gasteiger partial charge in [-0.2, -0.15) is 0 Å². The lowest BCUT2D eigenvalue weighted by atomic mass is 10.0. The fourth-order valence-electron chi connectivity index (χ4n) is 2.61. The number of hydrogen-bond acceptors (Lipinski definition) is 4. The minimum atomic E-state index is 0.204. The first kappa shape index (κ1) is 17.8. The van der Waals surface area contributed by atoms with Gasteiger partial charge in [-0.15, -0.1) is 0 Å². The molecule has 3 N–H and O–H groups in total. The van der Waals surface area contributed by atoms with Gasteiger partial charge in [-0.25, -0.2) is 0 Å². The van der Waals surface area contributed by atoms with Crippen LogP contribution in [0.5, 0.6) is 0 Å². The summed E-state index contributed by atoms with van der Waals surface area (Å²) >= 11 is 0. The number of nitrogens with zero attached hydrogens (tertiary/aromatic N) is 2. The average molecular weight is 296 g/mol. The highest BCUT2D eigenvalue weighted by molar-refractivity contribution is 5.76. The van der Waals surface area contributed by atoms with Crippen LogP contribution in [0.3, 0.4) is 0 Å². The normalized spacial score (nSPS) is 16.8. The van der Waals surface area contributed by atoms with Crippen LogP contribution in [0.15, 0.2) is 12.4 Å². The summed E-state index contributed by atoms with van der Waals surface area (Å²) in [4.78, 5) is 16.6. The van der Waals surface area contributed by atoms with Crippen molar-refractivity contribution in [1.82, 2.24) is 15.1 Å². The van der Waals surface area contributed by atoms with Gasteiger partial charge in [-0.3, -0.25) is 9.69 Å². The van der Waals surface area contributed by atoms with Crippen molar-refractivity contribution in [2.24, 2.45) is 5.73 Å². The second-order valence-electron chi connectivity index (χ2n) is 6.80. The smallest absolute Gasteiger partial charge is 0.222 e. The zero-order chi connectivity index (χ0) is 15.9. The second kappa shape index (κ2) is 8.27. The predicted molar refractivity (Wildman–Crippen MR) is 87.7 cm³/mol. The van der Waals surface area contributed by atoms with Crippen molar-refractivity contribution in [2.75, 3.05) is 32.7 Å². The van der Waals surface area contributed by atoms with Crippen molar-refractivity contribution in [2.45, 2.75) is 52.0 Å². The van der Waals surface area contributed by atoms with Crippen molar-refractivity contribution in [3.8, 4) is 0 Å². The van der Waals surface area contributed by atoms with E-state index in [-0.39, 0.29) is 5.54 Å². The monoisotopic (exact) mass is 296 g/mol. The number of nitrogens with one attached hydrogen (secondary N) is 1. The number of nitrogens with two attached hydrogens (primary N) is 1. The fourth-order valence-corrected chi connectivity index (χ4v) is 2.61. The summed E-state index contributed by atoms with van der Waals surface area (Å²) in [6, 6.07) is 0. The standard InChI is InChI=1S/C16H32N4O/c1-14(17)18-9-7-5-6-8-15(21)19-10-12-20(13-11-19)16(2,3)4/h18H,1,5-13,17H2,2-4H3. The van der Waals surface area contributed by atoms with E-state index in [1.165, 1.54) is 0 Å². The molecule has 0 radical (unpaired) electrons. The summed E-state index contributed by atoms with van der Waals surface area (Å²) in [5.74, 6) is 0.822. The minimum Gasteiger partial charge on any atom is -0.386 e. The van der Waals surface area contributed by atoms with Crippen LogP contribution in [0.25, 0.3) is 0 Å². The Hall–Kier alpha value is -1.23. The van der Waals surface area contributed by atoms with Crippen LogP contribution in [0, 0.1) is 0 Å². The summed E-state index contributed by atoms with van der Waals surface area (Å²) in [5.41, 5.74) is 5.63. The summed E-state index contributed by atoms with van der Waals surface area (Å²) in [7, 11) is 0. The Morgan fingerprint density at radius 2 is 1.76 bits per heavy atom. The Labute approximate surface area is 129 Å². The summed E-state index contributed by atoms with van der Waals surface area (Å²) in [6.45, 7) is 14.8. The molecule has 0 atom stereocenters. The van der Waals surface area contributed by atoms with E-state index < -0.39 is 0 Å². The lowest BCUT2D eigenvalue weighted by Crippen LogP contribution is -2.54. The summed E-state index contributed by atoms with van der Waals surface area (Å²) in [5, 5.41) is 3.00. The van der Waals surface area contributed by atoms with Crippen molar-refractivity contribution < 1.29 is 4.79 Å². The number of carbonyl (C=O) groups is 1. The number of hydrogen-bond donors (Lipinski definition) is 2. The Morgan fingerprint density at radius 3 is 2.29 bits per heavy atom. The second-order valence-corrected chi connectivity index (χ2v) is 6.80. The van der Waals surface area contributed by atoms with Gasteiger partial charge in [0.1, 0.15) is 0 Å². The molecular formula is C16H32N4O. The highest BCUT2D eigenvalue weighted by atomic mass is 16.2. The van der Waals surface area contributed by atoms with Crippen LogP contribution in [0.1, 0.15) is 46.5 Å². The number of piperazine rings is 1. The van der Waals surface area contributed by atoms with Crippen molar-refractivity contribution in [3.05, 3.63) is 12.4 Å². The predicted octanol–water partition coefficient (Wildman–Crippen LogP) is 1.51. The quantitative estimate of drug-likeness (QED) is 0.699. The molecule has 1 amide bonds. The van der Waals surface area contributed by atoms with Crippen LogP contribution >= 0.6 is 0 Å². The van der Waals surface area contributed by atoms with E-state index in [4.69, 9.17) is 5.73 Å². The maximum absolute atomic E-state index is 12.2. The van der Waals surface area contributed by atoms with E-state index in [1.54, 1.807) is 0 Å². The van der Waals surface area contributed by atoms with Crippen LogP contribution in [0.2, 0.25) is 0 Å². The van der Waals surface area contributed by atoms with Gasteiger partial charge in [0.2, 0.25) is 5.91 Å². The molecule has 0 aliphatic carbocycles. The number of unbranched alkanes of at least 4 members (excludes halogenated alkanes) is 2. The lowest BCUT2D eigenvalue weighted by molar-refractivity contribution is -0.133. The Morgan fingerprint density at radius 1 is 1.14 bits per heavy atom. The van der Waals surface area contributed by atoms with E-state index in [2.05, 4.69) is 37.6 Å². The summed E-state index contributed by atoms with van der Waals surface area (Å²) < 4.78 is 0. The zero-order valence-corrected chi connectivity index (χ0v) is 14.0. The molecule has 1 rings (SSSR count). The molecule has 0 aromatic rings. The maximum atomic E-state index is 12.2. The molecule has 0 bridgehead atoms. The molecule has 1 aliphatic rings. The molecule has 122 valence electrons. The molecule has 1 heterocycles. The van der Waals surface area contributed by atoms with Crippen LogP contribution in [0.4, 0.5) is 0 Å². The number of amides is 1. The first-order valence-electron chi connectivity index (χ1n) is 8.02.